The molecule has 0 spiro atoms. The quantitative estimate of drug-likeness (QED) is 0.805. The molecule has 4 nitrogen and oxygen atoms in total. The Bertz CT molecular complexity index is 149. The van der Waals surface area contributed by atoms with Crippen molar-refractivity contribution >= 4 is 6.09 Å². The maximum Gasteiger partial charge on any atom is 1.00 e. The van der Waals surface area contributed by atoms with E-state index in [1.54, 1.807) is 6.92 Å². The molecular formula is C8H15N2O2Os. The zero-order valence-electron chi connectivity index (χ0n) is 7.73. The third kappa shape index (κ3) is 5.23. The van der Waals surface area contributed by atoms with Gasteiger partial charge in [-0.15, -0.1) is 13.1 Å². The van der Waals surface area contributed by atoms with Crippen molar-refractivity contribution in [3.63, 3.8) is 0 Å². The number of hydrogen-bond donors (Lipinski definition) is 1. The fraction of sp³-hybridized carbons (Fsp3) is 0.875. The molecule has 0 aliphatic carbocycles. The summed E-state index contributed by atoms with van der Waals surface area (Å²) >= 11 is 0. The van der Waals surface area contributed by atoms with Gasteiger partial charge < -0.3 is 15.4 Å². The first-order valence-electron chi connectivity index (χ1n) is 4.39. The van der Waals surface area contributed by atoms with E-state index in [2.05, 4.69) is 10.6 Å². The van der Waals surface area contributed by atoms with Gasteiger partial charge in [0.25, 0.3) is 0 Å². The summed E-state index contributed by atoms with van der Waals surface area (Å²) < 4.78 is 4.76. The topological polar surface area (TPSA) is 52.4 Å². The molecule has 0 bridgehead atoms. The number of piperidine rings is 1. The summed E-state index contributed by atoms with van der Waals surface area (Å²) in [5, 5.41) is 6.99. The molecule has 1 amide bonds. The summed E-state index contributed by atoms with van der Waals surface area (Å²) in [6.45, 7) is 3.95. The third-order valence-corrected chi connectivity index (χ3v) is 1.87. The van der Waals surface area contributed by atoms with Gasteiger partial charge in [-0.1, -0.05) is 12.8 Å². The van der Waals surface area contributed by atoms with Crippen LogP contribution in [0, 0.1) is 0 Å². The van der Waals surface area contributed by atoms with Gasteiger partial charge in [-0.25, -0.2) is 4.79 Å². The predicted octanol–water partition coefficient (Wildman–Crippen LogP) is 1.27. The van der Waals surface area contributed by atoms with Crippen LogP contribution >= 0.6 is 0 Å². The van der Waals surface area contributed by atoms with Gasteiger partial charge in [0.15, 0.2) is 0 Å². The number of ether oxygens (including phenoxy) is 1. The standard InChI is InChI=1S/C8H15N2O2.Os/c1-2-12-8(11)10-7-3-5-9-6-4-7;/h7H,2-6H2,1H3,(H,10,11);/q-1;+1. The first kappa shape index (κ1) is 12.9. The normalized spacial score (nSPS) is 17.3. The predicted molar refractivity (Wildman–Crippen MR) is 46.3 cm³/mol. The van der Waals surface area contributed by atoms with E-state index in [1.165, 1.54) is 0 Å². The van der Waals surface area contributed by atoms with Crippen LogP contribution in [0.5, 0.6) is 0 Å². The fourth-order valence-corrected chi connectivity index (χ4v) is 1.23. The Morgan fingerprint density at radius 3 is 2.69 bits per heavy atom. The molecule has 13 heavy (non-hydrogen) atoms. The van der Waals surface area contributed by atoms with E-state index in [9.17, 15) is 4.79 Å². The number of rotatable bonds is 2. The van der Waals surface area contributed by atoms with Crippen molar-refractivity contribution in [2.75, 3.05) is 19.7 Å². The van der Waals surface area contributed by atoms with Gasteiger partial charge in [-0.2, -0.15) is 0 Å². The average Bonchev–Trinajstić information content (AvgIpc) is 2.06. The second-order valence-electron chi connectivity index (χ2n) is 2.81. The largest absolute Gasteiger partial charge is 1.00 e. The second-order valence-corrected chi connectivity index (χ2v) is 2.81. The van der Waals surface area contributed by atoms with Gasteiger partial charge in [0.1, 0.15) is 0 Å². The van der Waals surface area contributed by atoms with Crippen LogP contribution in [-0.2, 0) is 24.5 Å². The molecule has 0 aromatic carbocycles. The van der Waals surface area contributed by atoms with Crippen LogP contribution in [0.3, 0.4) is 0 Å². The van der Waals surface area contributed by atoms with Gasteiger partial charge in [-0.3, -0.25) is 0 Å². The van der Waals surface area contributed by atoms with Crippen molar-refractivity contribution < 1.29 is 29.3 Å². The molecule has 0 unspecified atom stereocenters. The number of carbonyl (C=O) groups is 1. The van der Waals surface area contributed by atoms with Gasteiger partial charge in [-0.05, 0) is 6.92 Å². The van der Waals surface area contributed by atoms with E-state index >= 15 is 0 Å². The Hall–Kier alpha value is -0.134. The minimum absolute atomic E-state index is 0. The minimum Gasteiger partial charge on any atom is -0.662 e. The fourth-order valence-electron chi connectivity index (χ4n) is 1.23. The van der Waals surface area contributed by atoms with E-state index in [4.69, 9.17) is 4.74 Å². The molecule has 1 saturated heterocycles. The summed E-state index contributed by atoms with van der Waals surface area (Å²) in [6, 6.07) is 0.265. The smallest absolute Gasteiger partial charge is 0.662 e. The maximum atomic E-state index is 10.9. The molecule has 1 N–H and O–H groups in total. The van der Waals surface area contributed by atoms with Crippen LogP contribution in [0.15, 0.2) is 0 Å². The van der Waals surface area contributed by atoms with Gasteiger partial charge in [0, 0.05) is 6.04 Å². The number of alkyl carbamates (subject to hydrolysis) is 1. The van der Waals surface area contributed by atoms with Crippen molar-refractivity contribution in [3.05, 3.63) is 5.32 Å². The van der Waals surface area contributed by atoms with E-state index < -0.39 is 0 Å². The van der Waals surface area contributed by atoms with E-state index in [0.717, 1.165) is 25.9 Å². The van der Waals surface area contributed by atoms with Crippen molar-refractivity contribution in [2.45, 2.75) is 25.8 Å². The van der Waals surface area contributed by atoms with Crippen molar-refractivity contribution in [2.24, 2.45) is 0 Å². The minimum atomic E-state index is -0.301. The van der Waals surface area contributed by atoms with Crippen LogP contribution in [0.25, 0.3) is 5.32 Å². The Morgan fingerprint density at radius 1 is 1.54 bits per heavy atom. The van der Waals surface area contributed by atoms with E-state index in [-0.39, 0.29) is 31.9 Å². The Morgan fingerprint density at radius 2 is 2.15 bits per heavy atom. The molecule has 0 saturated carbocycles. The molecule has 1 radical (unpaired) electrons. The first-order valence-corrected chi connectivity index (χ1v) is 4.39. The van der Waals surface area contributed by atoms with Crippen LogP contribution < -0.4 is 5.32 Å². The van der Waals surface area contributed by atoms with Crippen LogP contribution in [-0.4, -0.2) is 31.8 Å². The molecular weight excluding hydrogens is 346 g/mol. The van der Waals surface area contributed by atoms with Crippen molar-refractivity contribution in [1.29, 1.82) is 0 Å². The Balaban J connectivity index is 0.00000144. The Labute approximate surface area is 91.8 Å². The molecule has 0 aromatic heterocycles. The van der Waals surface area contributed by atoms with E-state index in [0.29, 0.717) is 6.61 Å². The molecule has 5 heteroatoms. The molecule has 1 fully saturated rings. The molecule has 0 atom stereocenters. The summed E-state index contributed by atoms with van der Waals surface area (Å²) in [4.78, 5) is 10.9. The number of nitrogens with one attached hydrogen (secondary N) is 1. The first-order chi connectivity index (χ1) is 5.83. The van der Waals surface area contributed by atoms with Crippen molar-refractivity contribution in [1.82, 2.24) is 5.32 Å². The average molecular weight is 361 g/mol. The summed E-state index contributed by atoms with van der Waals surface area (Å²) in [5.74, 6) is 0. The van der Waals surface area contributed by atoms with Crippen LogP contribution in [0.4, 0.5) is 4.79 Å². The zero-order chi connectivity index (χ0) is 8.81. The molecule has 77 valence electrons. The molecule has 1 aliphatic heterocycles. The van der Waals surface area contributed by atoms with Gasteiger partial charge in [0.05, 0.1) is 6.61 Å². The maximum absolute atomic E-state index is 10.9. The zero-order valence-corrected chi connectivity index (χ0v) is 10.3. The number of amides is 1. The SMILES string of the molecule is CCOC(=O)NC1CC[N-]CC1.[Os+]. The Kier molecular flexibility index (Phi) is 7.21. The molecule has 1 heterocycles. The van der Waals surface area contributed by atoms with Crippen LogP contribution in [0.2, 0.25) is 0 Å². The summed E-state index contributed by atoms with van der Waals surface area (Å²) in [5.41, 5.74) is 0. The molecule has 0 aromatic rings. The van der Waals surface area contributed by atoms with Gasteiger partial charge in [0.2, 0.25) is 0 Å². The summed E-state index contributed by atoms with van der Waals surface area (Å²) in [7, 11) is 0. The number of nitrogens with zero attached hydrogens (tertiary/aromatic N) is 1. The van der Waals surface area contributed by atoms with Crippen molar-refractivity contribution in [3.8, 4) is 0 Å². The number of hydrogen-bond acceptors (Lipinski definition) is 2. The van der Waals surface area contributed by atoms with Crippen LogP contribution in [0.1, 0.15) is 19.8 Å². The molecule has 1 aliphatic rings. The van der Waals surface area contributed by atoms with E-state index in [1.807, 2.05) is 0 Å². The number of carbonyl (C=O) groups excluding carboxylic acids is 1. The molecule has 1 rings (SSSR count). The third-order valence-electron chi connectivity index (χ3n) is 1.87. The second kappa shape index (κ2) is 7.29. The monoisotopic (exact) mass is 363 g/mol. The van der Waals surface area contributed by atoms with Gasteiger partial charge >= 0.3 is 25.9 Å². The summed E-state index contributed by atoms with van der Waals surface area (Å²) in [6.07, 6.45) is 1.59.